The molecule has 0 aliphatic carbocycles. The van der Waals surface area contributed by atoms with Gasteiger partial charge in [0.15, 0.2) is 5.69 Å². The van der Waals surface area contributed by atoms with Crippen LogP contribution >= 0.6 is 0 Å². The van der Waals surface area contributed by atoms with Gasteiger partial charge in [0.25, 0.3) is 5.91 Å². The third-order valence-electron chi connectivity index (χ3n) is 5.05. The van der Waals surface area contributed by atoms with Crippen LogP contribution in [0.2, 0.25) is 0 Å². The number of anilines is 1. The Kier molecular flexibility index (Phi) is 4.91. The van der Waals surface area contributed by atoms with Crippen LogP contribution in [0.15, 0.2) is 30.3 Å². The number of pyridine rings is 1. The highest BCUT2D eigenvalue weighted by atomic mass is 19.4. The zero-order chi connectivity index (χ0) is 22.6. The third-order valence-corrected chi connectivity index (χ3v) is 5.05. The molecule has 1 fully saturated rings. The number of aromatic nitrogens is 1. The standard InChI is InChI=1S/C19H14F6N4O2/c20-18(21,22)10-5-9(6-11(7-10)19(23,24)25)12-1-2-13-15(27-12)17(31)29-4-3-26-8-14(29)16(30)28-13/h1-2,5-7,14,26H,3-4,8H2,(H,28,30)/t14-/m0/s1. The smallest absolute Gasteiger partial charge is 0.323 e. The summed E-state index contributed by atoms with van der Waals surface area (Å²) in [5.74, 6) is -1.10. The Morgan fingerprint density at radius 2 is 1.61 bits per heavy atom. The molecule has 1 atom stereocenters. The average molecular weight is 444 g/mol. The molecule has 1 saturated heterocycles. The third kappa shape index (κ3) is 3.94. The van der Waals surface area contributed by atoms with E-state index < -0.39 is 46.9 Å². The molecule has 1 aromatic heterocycles. The summed E-state index contributed by atoms with van der Waals surface area (Å²) in [6.45, 7) is 0.832. The highest BCUT2D eigenvalue weighted by Gasteiger charge is 2.39. The van der Waals surface area contributed by atoms with E-state index in [2.05, 4.69) is 15.6 Å². The molecule has 0 saturated carbocycles. The van der Waals surface area contributed by atoms with Crippen LogP contribution in [0.25, 0.3) is 11.3 Å². The summed E-state index contributed by atoms with van der Waals surface area (Å²) >= 11 is 0. The van der Waals surface area contributed by atoms with E-state index in [0.29, 0.717) is 18.7 Å². The number of rotatable bonds is 1. The first-order chi connectivity index (χ1) is 14.4. The molecule has 3 heterocycles. The number of hydrogen-bond donors (Lipinski definition) is 2. The number of alkyl halides is 6. The van der Waals surface area contributed by atoms with Gasteiger partial charge in [-0.2, -0.15) is 26.3 Å². The van der Waals surface area contributed by atoms with Gasteiger partial charge in [-0.15, -0.1) is 0 Å². The molecule has 2 aromatic rings. The van der Waals surface area contributed by atoms with Crippen molar-refractivity contribution < 1.29 is 35.9 Å². The van der Waals surface area contributed by atoms with Gasteiger partial charge in [0, 0.05) is 25.2 Å². The molecule has 2 aliphatic rings. The Labute approximate surface area is 171 Å². The van der Waals surface area contributed by atoms with Crippen LogP contribution in [0.3, 0.4) is 0 Å². The van der Waals surface area contributed by atoms with Gasteiger partial charge in [-0.05, 0) is 30.3 Å². The number of piperazine rings is 1. The first kappa shape index (κ1) is 21.1. The van der Waals surface area contributed by atoms with E-state index in [0.717, 1.165) is 6.07 Å². The van der Waals surface area contributed by atoms with Gasteiger partial charge < -0.3 is 15.5 Å². The summed E-state index contributed by atoms with van der Waals surface area (Å²) in [5.41, 5.74) is -3.90. The highest BCUT2D eigenvalue weighted by molar-refractivity contribution is 6.09. The lowest BCUT2D eigenvalue weighted by atomic mass is 10.0. The van der Waals surface area contributed by atoms with E-state index in [1.54, 1.807) is 0 Å². The predicted molar refractivity (Wildman–Crippen MR) is 96.0 cm³/mol. The fourth-order valence-electron chi connectivity index (χ4n) is 3.52. The lowest BCUT2D eigenvalue weighted by Gasteiger charge is -2.32. The number of benzene rings is 1. The van der Waals surface area contributed by atoms with Crippen molar-refractivity contribution in [1.29, 1.82) is 0 Å². The second-order valence-electron chi connectivity index (χ2n) is 7.09. The van der Waals surface area contributed by atoms with Crippen LogP contribution in [0.5, 0.6) is 0 Å². The van der Waals surface area contributed by atoms with Crippen LogP contribution in [0, 0.1) is 0 Å². The molecule has 2 amide bonds. The minimum absolute atomic E-state index is 0.0175. The SMILES string of the molecule is O=C1Nc2ccc(-c3cc(C(F)(F)F)cc(C(F)(F)F)c3)nc2C(=O)N2CCNC[C@@H]12. The fourth-order valence-corrected chi connectivity index (χ4v) is 3.52. The lowest BCUT2D eigenvalue weighted by Crippen LogP contribution is -2.57. The Balaban J connectivity index is 1.83. The number of amides is 2. The second kappa shape index (κ2) is 7.22. The summed E-state index contributed by atoms with van der Waals surface area (Å²) in [6.07, 6.45) is -10.0. The van der Waals surface area contributed by atoms with Crippen molar-refractivity contribution in [3.05, 3.63) is 47.2 Å². The number of nitrogens with zero attached hydrogens (tertiary/aromatic N) is 2. The number of fused-ring (bicyclic) bond motifs is 2. The van der Waals surface area contributed by atoms with Gasteiger partial charge in [-0.3, -0.25) is 9.59 Å². The zero-order valence-electron chi connectivity index (χ0n) is 15.6. The molecule has 0 spiro atoms. The first-order valence-electron chi connectivity index (χ1n) is 9.08. The van der Waals surface area contributed by atoms with Crippen LogP contribution in [-0.2, 0) is 17.1 Å². The largest absolute Gasteiger partial charge is 0.416 e. The van der Waals surface area contributed by atoms with Gasteiger partial charge in [-0.25, -0.2) is 4.98 Å². The Morgan fingerprint density at radius 1 is 0.968 bits per heavy atom. The van der Waals surface area contributed by atoms with E-state index in [9.17, 15) is 35.9 Å². The Morgan fingerprint density at radius 3 is 2.23 bits per heavy atom. The van der Waals surface area contributed by atoms with Crippen LogP contribution in [-0.4, -0.2) is 47.4 Å². The van der Waals surface area contributed by atoms with E-state index in [4.69, 9.17) is 0 Å². The van der Waals surface area contributed by atoms with Crippen molar-refractivity contribution in [3.63, 3.8) is 0 Å². The van der Waals surface area contributed by atoms with Crippen molar-refractivity contribution in [2.45, 2.75) is 18.4 Å². The summed E-state index contributed by atoms with van der Waals surface area (Å²) in [5, 5.41) is 5.52. The summed E-state index contributed by atoms with van der Waals surface area (Å²) in [6, 6.07) is 2.69. The molecule has 0 bridgehead atoms. The van der Waals surface area contributed by atoms with Crippen molar-refractivity contribution in [2.24, 2.45) is 0 Å². The van der Waals surface area contributed by atoms with Crippen molar-refractivity contribution in [1.82, 2.24) is 15.2 Å². The summed E-state index contributed by atoms with van der Waals surface area (Å²) < 4.78 is 79.0. The summed E-state index contributed by atoms with van der Waals surface area (Å²) in [7, 11) is 0. The molecular formula is C19H14F6N4O2. The molecule has 0 unspecified atom stereocenters. The molecule has 6 nitrogen and oxygen atoms in total. The molecule has 0 radical (unpaired) electrons. The van der Waals surface area contributed by atoms with Crippen LogP contribution < -0.4 is 10.6 Å². The van der Waals surface area contributed by atoms with E-state index in [1.807, 2.05) is 0 Å². The molecule has 2 aliphatic heterocycles. The van der Waals surface area contributed by atoms with Gasteiger partial charge in [0.2, 0.25) is 5.91 Å². The Bertz CT molecular complexity index is 1030. The molecule has 1 aromatic carbocycles. The number of nitrogens with one attached hydrogen (secondary N) is 2. The zero-order valence-corrected chi connectivity index (χ0v) is 15.6. The maximum absolute atomic E-state index is 13.2. The van der Waals surface area contributed by atoms with Crippen molar-refractivity contribution in [3.8, 4) is 11.3 Å². The number of hydrogen-bond acceptors (Lipinski definition) is 4. The number of carbonyl (C=O) groups is 2. The topological polar surface area (TPSA) is 74.3 Å². The minimum atomic E-state index is -5.01. The van der Waals surface area contributed by atoms with Gasteiger partial charge in [0.05, 0.1) is 22.5 Å². The molecule has 12 heteroatoms. The Hall–Kier alpha value is -3.15. The number of halogens is 6. The normalized spacial score (nSPS) is 19.4. The maximum atomic E-state index is 13.2. The van der Waals surface area contributed by atoms with Crippen molar-refractivity contribution >= 4 is 17.5 Å². The van der Waals surface area contributed by atoms with Crippen molar-refractivity contribution in [2.75, 3.05) is 25.0 Å². The molecule has 31 heavy (non-hydrogen) atoms. The monoisotopic (exact) mass is 444 g/mol. The van der Waals surface area contributed by atoms with E-state index >= 15 is 0 Å². The van der Waals surface area contributed by atoms with E-state index in [-0.39, 0.29) is 36.2 Å². The molecular weight excluding hydrogens is 430 g/mol. The maximum Gasteiger partial charge on any atom is 0.416 e. The average Bonchev–Trinajstić information content (AvgIpc) is 2.81. The van der Waals surface area contributed by atoms with Gasteiger partial charge in [0.1, 0.15) is 6.04 Å². The van der Waals surface area contributed by atoms with E-state index in [1.165, 1.54) is 11.0 Å². The fraction of sp³-hybridized carbons (Fsp3) is 0.316. The van der Waals surface area contributed by atoms with Gasteiger partial charge in [-0.1, -0.05) is 0 Å². The van der Waals surface area contributed by atoms with Crippen LogP contribution in [0.4, 0.5) is 32.0 Å². The number of carbonyl (C=O) groups excluding carboxylic acids is 2. The highest BCUT2D eigenvalue weighted by Crippen LogP contribution is 2.38. The molecule has 2 N–H and O–H groups in total. The quantitative estimate of drug-likeness (QED) is 0.663. The second-order valence-corrected chi connectivity index (χ2v) is 7.09. The molecule has 4 rings (SSSR count). The van der Waals surface area contributed by atoms with Gasteiger partial charge >= 0.3 is 12.4 Å². The first-order valence-corrected chi connectivity index (χ1v) is 9.08. The summed E-state index contributed by atoms with van der Waals surface area (Å²) in [4.78, 5) is 30.6. The lowest BCUT2D eigenvalue weighted by molar-refractivity contribution is -0.143. The van der Waals surface area contributed by atoms with Crippen LogP contribution in [0.1, 0.15) is 21.6 Å². The molecule has 164 valence electrons. The predicted octanol–water partition coefficient (Wildman–Crippen LogP) is 3.15. The minimum Gasteiger partial charge on any atom is -0.323 e.